The van der Waals surface area contributed by atoms with Crippen molar-refractivity contribution in [1.82, 2.24) is 0 Å². The lowest BCUT2D eigenvalue weighted by Gasteiger charge is -2.54. The first kappa shape index (κ1) is 16.9. The van der Waals surface area contributed by atoms with Crippen LogP contribution in [0, 0.1) is 10.8 Å². The van der Waals surface area contributed by atoms with Crippen molar-refractivity contribution >= 4 is 23.1 Å². The van der Waals surface area contributed by atoms with E-state index in [4.69, 9.17) is 0 Å². The molecule has 2 bridgehead atoms. The first-order chi connectivity index (χ1) is 11.2. The normalized spacial score (nSPS) is 29.3. The minimum Gasteiger partial charge on any atom is -0.195 e. The summed E-state index contributed by atoms with van der Waals surface area (Å²) in [5.74, 6) is 0. The summed E-state index contributed by atoms with van der Waals surface area (Å²) in [6, 6.07) is 8.53. The Balaban J connectivity index is 1.54. The zero-order valence-electron chi connectivity index (χ0n) is 14.4. The number of isothiocyanates is 1. The zero-order valence-corrected chi connectivity index (χ0v) is 15.3. The van der Waals surface area contributed by atoms with Gasteiger partial charge in [0.15, 0.2) is 0 Å². The van der Waals surface area contributed by atoms with E-state index in [-0.39, 0.29) is 0 Å². The number of aryl methyl sites for hydroxylation is 1. The number of hydrogen-bond donors (Lipinski definition) is 0. The van der Waals surface area contributed by atoms with Crippen LogP contribution in [0.2, 0.25) is 0 Å². The molecule has 3 saturated carbocycles. The molecular formula is C21H29NS. The fourth-order valence-corrected chi connectivity index (χ4v) is 4.95. The van der Waals surface area contributed by atoms with E-state index in [1.165, 1.54) is 76.2 Å². The van der Waals surface area contributed by atoms with E-state index >= 15 is 0 Å². The number of nitrogens with zero attached hydrogens (tertiary/aromatic N) is 1. The van der Waals surface area contributed by atoms with E-state index in [9.17, 15) is 0 Å². The molecule has 0 N–H and O–H groups in total. The summed E-state index contributed by atoms with van der Waals surface area (Å²) in [6.45, 7) is 2.33. The highest BCUT2D eigenvalue weighted by Gasteiger charge is 2.47. The highest BCUT2D eigenvalue weighted by atomic mass is 32.1. The molecule has 0 spiro atoms. The summed E-state index contributed by atoms with van der Waals surface area (Å²) >= 11 is 4.66. The number of aliphatic imine (C=N–C) groups is 1. The SMILES string of the molecule is CCCCC12CCC(CCc3ccc(N=C=S)cc3)(CC1)CC2. The standard InChI is InChI=1S/C21H29NS/c1-2-3-9-20-11-14-21(15-12-20,16-13-20)10-8-18-4-6-19(7-5-18)22-17-23/h4-7H,2-3,8-16H2,1H3. The van der Waals surface area contributed by atoms with Crippen molar-refractivity contribution in [2.45, 2.75) is 77.6 Å². The van der Waals surface area contributed by atoms with Gasteiger partial charge in [0.05, 0.1) is 10.8 Å². The van der Waals surface area contributed by atoms with E-state index in [1.54, 1.807) is 0 Å². The van der Waals surface area contributed by atoms with Crippen LogP contribution < -0.4 is 0 Å². The lowest BCUT2D eigenvalue weighted by Crippen LogP contribution is -2.41. The molecule has 124 valence electrons. The fraction of sp³-hybridized carbons (Fsp3) is 0.667. The largest absolute Gasteiger partial charge is 0.195 e. The molecule has 3 aliphatic rings. The number of benzene rings is 1. The topological polar surface area (TPSA) is 12.4 Å². The fourth-order valence-electron chi connectivity index (χ4n) is 4.84. The second-order valence-electron chi connectivity index (χ2n) is 7.97. The minimum absolute atomic E-state index is 0.652. The molecule has 1 nitrogen and oxygen atoms in total. The van der Waals surface area contributed by atoms with Gasteiger partial charge in [-0.3, -0.25) is 0 Å². The Morgan fingerprint density at radius 3 is 2.04 bits per heavy atom. The van der Waals surface area contributed by atoms with Gasteiger partial charge in [0.2, 0.25) is 0 Å². The van der Waals surface area contributed by atoms with Gasteiger partial charge < -0.3 is 0 Å². The molecule has 2 heteroatoms. The quantitative estimate of drug-likeness (QED) is 0.392. The molecule has 0 radical (unpaired) electrons. The summed E-state index contributed by atoms with van der Waals surface area (Å²) < 4.78 is 0. The third-order valence-corrected chi connectivity index (χ3v) is 6.76. The molecule has 0 heterocycles. The maximum absolute atomic E-state index is 4.66. The van der Waals surface area contributed by atoms with Gasteiger partial charge in [0.25, 0.3) is 0 Å². The molecule has 0 aliphatic heterocycles. The van der Waals surface area contributed by atoms with Crippen LogP contribution in [0.4, 0.5) is 5.69 Å². The molecule has 1 aromatic carbocycles. The smallest absolute Gasteiger partial charge is 0.0739 e. The number of fused-ring (bicyclic) bond motifs is 3. The third-order valence-electron chi connectivity index (χ3n) is 6.67. The molecule has 23 heavy (non-hydrogen) atoms. The first-order valence-corrected chi connectivity index (χ1v) is 9.77. The molecule has 3 aliphatic carbocycles. The summed E-state index contributed by atoms with van der Waals surface area (Å²) in [4.78, 5) is 4.03. The van der Waals surface area contributed by atoms with E-state index in [2.05, 4.69) is 53.6 Å². The van der Waals surface area contributed by atoms with Gasteiger partial charge in [-0.15, -0.1) is 0 Å². The lowest BCUT2D eigenvalue weighted by atomic mass is 9.51. The number of rotatable bonds is 7. The molecule has 1 aromatic rings. The molecule has 0 unspecified atom stereocenters. The van der Waals surface area contributed by atoms with Crippen molar-refractivity contribution < 1.29 is 0 Å². The van der Waals surface area contributed by atoms with Crippen LogP contribution >= 0.6 is 12.2 Å². The van der Waals surface area contributed by atoms with E-state index in [1.807, 2.05) is 0 Å². The minimum atomic E-state index is 0.652. The predicted octanol–water partition coefficient (Wildman–Crippen LogP) is 6.88. The molecule has 0 aromatic heterocycles. The zero-order chi connectivity index (χ0) is 16.2. The summed E-state index contributed by atoms with van der Waals surface area (Å²) in [6.07, 6.45) is 15.8. The Labute approximate surface area is 146 Å². The van der Waals surface area contributed by atoms with E-state index in [0.717, 1.165) is 11.1 Å². The molecule has 4 rings (SSSR count). The molecule has 3 fully saturated rings. The van der Waals surface area contributed by atoms with Crippen molar-refractivity contribution in [3.8, 4) is 0 Å². The van der Waals surface area contributed by atoms with Gasteiger partial charge in [-0.1, -0.05) is 31.9 Å². The molecule has 0 amide bonds. The van der Waals surface area contributed by atoms with Crippen LogP contribution in [0.3, 0.4) is 0 Å². The van der Waals surface area contributed by atoms with Crippen molar-refractivity contribution in [2.75, 3.05) is 0 Å². The summed E-state index contributed by atoms with van der Waals surface area (Å²) in [5, 5.41) is 2.43. The number of unbranched alkanes of at least 4 members (excludes halogenated alkanes) is 1. The second-order valence-corrected chi connectivity index (χ2v) is 8.16. The van der Waals surface area contributed by atoms with Crippen molar-refractivity contribution in [3.05, 3.63) is 29.8 Å². The first-order valence-electron chi connectivity index (χ1n) is 9.36. The summed E-state index contributed by atoms with van der Waals surface area (Å²) in [7, 11) is 0. The predicted molar refractivity (Wildman–Crippen MR) is 102 cm³/mol. The molecular weight excluding hydrogens is 298 g/mol. The van der Waals surface area contributed by atoms with E-state index < -0.39 is 0 Å². The van der Waals surface area contributed by atoms with Crippen LogP contribution in [0.15, 0.2) is 29.3 Å². The Bertz CT molecular complexity index is 543. The highest BCUT2D eigenvalue weighted by molar-refractivity contribution is 7.78. The number of hydrogen-bond acceptors (Lipinski definition) is 2. The van der Waals surface area contributed by atoms with Crippen LogP contribution in [-0.4, -0.2) is 5.16 Å². The molecule has 0 saturated heterocycles. The van der Waals surface area contributed by atoms with Crippen LogP contribution in [-0.2, 0) is 6.42 Å². The van der Waals surface area contributed by atoms with Crippen LogP contribution in [0.5, 0.6) is 0 Å². The Hall–Kier alpha value is -0.980. The number of thiocarbonyl (C=S) groups is 1. The molecule has 0 atom stereocenters. The van der Waals surface area contributed by atoms with Crippen LogP contribution in [0.1, 0.15) is 76.7 Å². The van der Waals surface area contributed by atoms with Crippen molar-refractivity contribution in [1.29, 1.82) is 0 Å². The van der Waals surface area contributed by atoms with Gasteiger partial charge in [-0.25, -0.2) is 0 Å². The maximum atomic E-state index is 4.66. The van der Waals surface area contributed by atoms with Gasteiger partial charge in [-0.2, -0.15) is 4.99 Å². The van der Waals surface area contributed by atoms with Crippen molar-refractivity contribution in [2.24, 2.45) is 15.8 Å². The summed E-state index contributed by atoms with van der Waals surface area (Å²) in [5.41, 5.74) is 3.74. The third kappa shape index (κ3) is 3.92. The second kappa shape index (κ2) is 7.28. The lowest BCUT2D eigenvalue weighted by molar-refractivity contribution is -0.0202. The average molecular weight is 328 g/mol. The Kier molecular flexibility index (Phi) is 5.34. The van der Waals surface area contributed by atoms with Crippen LogP contribution in [0.25, 0.3) is 0 Å². The maximum Gasteiger partial charge on any atom is 0.0739 e. The monoisotopic (exact) mass is 327 g/mol. The van der Waals surface area contributed by atoms with E-state index in [0.29, 0.717) is 5.41 Å². The van der Waals surface area contributed by atoms with Gasteiger partial charge in [0, 0.05) is 0 Å². The average Bonchev–Trinajstić information content (AvgIpc) is 2.62. The Morgan fingerprint density at radius 1 is 0.957 bits per heavy atom. The highest BCUT2D eigenvalue weighted by Crippen LogP contribution is 2.60. The van der Waals surface area contributed by atoms with Gasteiger partial charge in [0.1, 0.15) is 0 Å². The van der Waals surface area contributed by atoms with Gasteiger partial charge in [-0.05, 0) is 98.5 Å². The Morgan fingerprint density at radius 2 is 1.52 bits per heavy atom. The van der Waals surface area contributed by atoms with Crippen molar-refractivity contribution in [3.63, 3.8) is 0 Å². The van der Waals surface area contributed by atoms with Gasteiger partial charge >= 0.3 is 0 Å².